The molecule has 0 fully saturated rings. The number of carbonyl (C=O) groups excluding carboxylic acids is 1. The Hall–Kier alpha value is -1.25. The lowest BCUT2D eigenvalue weighted by Crippen LogP contribution is -2.13. The summed E-state index contributed by atoms with van der Waals surface area (Å²) in [6.45, 7) is 6.35. The van der Waals surface area contributed by atoms with Crippen molar-refractivity contribution in [2.24, 2.45) is 11.7 Å². The van der Waals surface area contributed by atoms with Crippen LogP contribution in [0.1, 0.15) is 40.0 Å². The van der Waals surface area contributed by atoms with E-state index in [9.17, 15) is 4.79 Å². The third-order valence-electron chi connectivity index (χ3n) is 2.37. The van der Waals surface area contributed by atoms with Crippen molar-refractivity contribution in [3.63, 3.8) is 0 Å². The standard InChI is InChI=1S/C13H23NO2/c1-10(2)6-5-7-11(3)8-9-12(14)13(15)16-4/h6,9,11H,5,7-8,14H2,1-4H3/b12-9-. The molecule has 3 heteroatoms. The Morgan fingerprint density at radius 3 is 2.50 bits per heavy atom. The Morgan fingerprint density at radius 1 is 1.38 bits per heavy atom. The number of carbonyl (C=O) groups is 1. The van der Waals surface area contributed by atoms with Crippen LogP contribution in [-0.4, -0.2) is 13.1 Å². The van der Waals surface area contributed by atoms with Gasteiger partial charge in [-0.3, -0.25) is 0 Å². The molecule has 0 saturated carbocycles. The number of esters is 1. The molecular formula is C13H23NO2. The van der Waals surface area contributed by atoms with E-state index in [2.05, 4.69) is 31.6 Å². The van der Waals surface area contributed by atoms with Crippen LogP contribution in [0.4, 0.5) is 0 Å². The zero-order valence-electron chi connectivity index (χ0n) is 10.7. The second-order valence-electron chi connectivity index (χ2n) is 4.35. The molecule has 0 aromatic rings. The van der Waals surface area contributed by atoms with Gasteiger partial charge in [0.25, 0.3) is 0 Å². The molecule has 0 aliphatic rings. The molecule has 0 aliphatic heterocycles. The number of allylic oxidation sites excluding steroid dienone is 3. The van der Waals surface area contributed by atoms with Gasteiger partial charge in [-0.15, -0.1) is 0 Å². The highest BCUT2D eigenvalue weighted by Crippen LogP contribution is 2.13. The lowest BCUT2D eigenvalue weighted by molar-refractivity contribution is -0.136. The van der Waals surface area contributed by atoms with Crippen molar-refractivity contribution >= 4 is 5.97 Å². The van der Waals surface area contributed by atoms with Crippen molar-refractivity contribution in [2.45, 2.75) is 40.0 Å². The van der Waals surface area contributed by atoms with Crippen molar-refractivity contribution < 1.29 is 9.53 Å². The van der Waals surface area contributed by atoms with Crippen LogP contribution < -0.4 is 5.73 Å². The van der Waals surface area contributed by atoms with Gasteiger partial charge in [0, 0.05) is 0 Å². The minimum atomic E-state index is -0.448. The zero-order chi connectivity index (χ0) is 12.6. The number of rotatable bonds is 6. The first kappa shape index (κ1) is 14.8. The van der Waals surface area contributed by atoms with Crippen LogP contribution in [0.25, 0.3) is 0 Å². The van der Waals surface area contributed by atoms with E-state index in [4.69, 9.17) is 5.73 Å². The van der Waals surface area contributed by atoms with Crippen molar-refractivity contribution in [3.8, 4) is 0 Å². The molecule has 0 amide bonds. The van der Waals surface area contributed by atoms with Crippen LogP contribution in [0.15, 0.2) is 23.4 Å². The second kappa shape index (κ2) is 7.97. The fraction of sp³-hybridized carbons (Fsp3) is 0.615. The Labute approximate surface area is 98.4 Å². The lowest BCUT2D eigenvalue weighted by atomic mass is 10.0. The summed E-state index contributed by atoms with van der Waals surface area (Å²) in [5.41, 5.74) is 7.08. The summed E-state index contributed by atoms with van der Waals surface area (Å²) in [5, 5.41) is 0. The number of ether oxygens (including phenoxy) is 1. The molecule has 0 radical (unpaired) electrons. The van der Waals surface area contributed by atoms with E-state index in [-0.39, 0.29) is 5.70 Å². The molecule has 0 aliphatic carbocycles. The molecule has 0 rings (SSSR count). The SMILES string of the molecule is COC(=O)/C(N)=C/CC(C)CCC=C(C)C. The van der Waals surface area contributed by atoms with Gasteiger partial charge in [-0.25, -0.2) is 4.79 Å². The fourth-order valence-electron chi connectivity index (χ4n) is 1.30. The minimum Gasteiger partial charge on any atom is -0.464 e. The number of hydrogen-bond acceptors (Lipinski definition) is 3. The van der Waals surface area contributed by atoms with E-state index < -0.39 is 5.97 Å². The molecule has 0 aromatic carbocycles. The molecule has 0 bridgehead atoms. The normalized spacial score (nSPS) is 13.1. The number of nitrogens with two attached hydrogens (primary N) is 1. The second-order valence-corrected chi connectivity index (χ2v) is 4.35. The first-order valence-corrected chi connectivity index (χ1v) is 5.64. The highest BCUT2D eigenvalue weighted by atomic mass is 16.5. The number of methoxy groups -OCH3 is 1. The summed E-state index contributed by atoms with van der Waals surface area (Å²) in [4.78, 5) is 11.0. The maximum absolute atomic E-state index is 11.0. The molecule has 2 N–H and O–H groups in total. The molecule has 0 saturated heterocycles. The van der Waals surface area contributed by atoms with Gasteiger partial charge >= 0.3 is 5.97 Å². The molecule has 0 spiro atoms. The predicted octanol–water partition coefficient (Wildman–Crippen LogP) is 2.77. The minimum absolute atomic E-state index is 0.205. The largest absolute Gasteiger partial charge is 0.464 e. The molecular weight excluding hydrogens is 202 g/mol. The van der Waals surface area contributed by atoms with E-state index in [1.54, 1.807) is 6.08 Å². The van der Waals surface area contributed by atoms with E-state index >= 15 is 0 Å². The van der Waals surface area contributed by atoms with Crippen molar-refractivity contribution in [1.82, 2.24) is 0 Å². The van der Waals surface area contributed by atoms with Crippen molar-refractivity contribution in [1.29, 1.82) is 0 Å². The van der Waals surface area contributed by atoms with Gasteiger partial charge in [-0.1, -0.05) is 24.6 Å². The molecule has 92 valence electrons. The van der Waals surface area contributed by atoms with Crippen LogP contribution in [-0.2, 0) is 9.53 Å². The average Bonchev–Trinajstić information content (AvgIpc) is 2.24. The smallest absolute Gasteiger partial charge is 0.353 e. The van der Waals surface area contributed by atoms with E-state index in [1.165, 1.54) is 12.7 Å². The number of hydrogen-bond donors (Lipinski definition) is 1. The van der Waals surface area contributed by atoms with Crippen molar-refractivity contribution in [3.05, 3.63) is 23.4 Å². The molecule has 1 unspecified atom stereocenters. The fourth-order valence-corrected chi connectivity index (χ4v) is 1.30. The van der Waals surface area contributed by atoms with Gasteiger partial charge in [-0.05, 0) is 39.0 Å². The summed E-state index contributed by atoms with van der Waals surface area (Å²) in [5.74, 6) is 0.0790. The summed E-state index contributed by atoms with van der Waals surface area (Å²) in [7, 11) is 1.33. The summed E-state index contributed by atoms with van der Waals surface area (Å²) < 4.78 is 4.52. The Bertz CT molecular complexity index is 276. The first-order valence-electron chi connectivity index (χ1n) is 5.64. The van der Waals surface area contributed by atoms with Gasteiger partial charge in [0.2, 0.25) is 0 Å². The molecule has 1 atom stereocenters. The summed E-state index contributed by atoms with van der Waals surface area (Å²) in [6.07, 6.45) is 6.98. The first-order chi connectivity index (χ1) is 7.47. The van der Waals surface area contributed by atoms with Gasteiger partial charge in [0.1, 0.15) is 5.70 Å². The highest BCUT2D eigenvalue weighted by Gasteiger charge is 2.05. The summed E-state index contributed by atoms with van der Waals surface area (Å²) >= 11 is 0. The van der Waals surface area contributed by atoms with Gasteiger partial charge < -0.3 is 10.5 Å². The lowest BCUT2D eigenvalue weighted by Gasteiger charge is -2.07. The van der Waals surface area contributed by atoms with Gasteiger partial charge in [0.15, 0.2) is 0 Å². The van der Waals surface area contributed by atoms with Crippen LogP contribution in [0.3, 0.4) is 0 Å². The van der Waals surface area contributed by atoms with Crippen molar-refractivity contribution in [2.75, 3.05) is 7.11 Å². The maximum atomic E-state index is 11.0. The van der Waals surface area contributed by atoms with Gasteiger partial charge in [-0.2, -0.15) is 0 Å². The van der Waals surface area contributed by atoms with Gasteiger partial charge in [0.05, 0.1) is 7.11 Å². The van der Waals surface area contributed by atoms with Crippen LogP contribution in [0.2, 0.25) is 0 Å². The highest BCUT2D eigenvalue weighted by molar-refractivity contribution is 5.87. The zero-order valence-corrected chi connectivity index (χ0v) is 10.7. The quantitative estimate of drug-likeness (QED) is 0.429. The molecule has 3 nitrogen and oxygen atoms in total. The van der Waals surface area contributed by atoms with E-state index in [1.807, 2.05) is 0 Å². The van der Waals surface area contributed by atoms with E-state index in [0.717, 1.165) is 19.3 Å². The summed E-state index contributed by atoms with van der Waals surface area (Å²) in [6, 6.07) is 0. The Balaban J connectivity index is 3.92. The predicted molar refractivity (Wildman–Crippen MR) is 66.7 cm³/mol. The molecule has 0 heterocycles. The molecule has 0 aromatic heterocycles. The monoisotopic (exact) mass is 225 g/mol. The Kier molecular flexibility index (Phi) is 7.34. The average molecular weight is 225 g/mol. The Morgan fingerprint density at radius 2 is 2.00 bits per heavy atom. The molecule has 16 heavy (non-hydrogen) atoms. The topological polar surface area (TPSA) is 52.3 Å². The van der Waals surface area contributed by atoms with Crippen LogP contribution >= 0.6 is 0 Å². The maximum Gasteiger partial charge on any atom is 0.353 e. The van der Waals surface area contributed by atoms with E-state index in [0.29, 0.717) is 5.92 Å². The van der Waals surface area contributed by atoms with Crippen LogP contribution in [0, 0.1) is 5.92 Å². The third kappa shape index (κ3) is 7.10. The third-order valence-corrected chi connectivity index (χ3v) is 2.37. The van der Waals surface area contributed by atoms with Crippen LogP contribution in [0.5, 0.6) is 0 Å².